The van der Waals surface area contributed by atoms with Crippen molar-refractivity contribution in [1.29, 1.82) is 0 Å². The maximum absolute atomic E-state index is 11.2. The van der Waals surface area contributed by atoms with E-state index >= 15 is 0 Å². The maximum Gasteiger partial charge on any atom is 0.274 e. The minimum absolute atomic E-state index is 0.0967. The third kappa shape index (κ3) is 3.60. The Morgan fingerprint density at radius 1 is 1.33 bits per heavy atom. The van der Waals surface area contributed by atoms with Gasteiger partial charge in [-0.3, -0.25) is 14.9 Å². The van der Waals surface area contributed by atoms with Gasteiger partial charge in [0.25, 0.3) is 5.69 Å². The minimum atomic E-state index is -0.680. The van der Waals surface area contributed by atoms with Crippen LogP contribution in [-0.4, -0.2) is 15.2 Å². The third-order valence-electron chi connectivity index (χ3n) is 3.47. The number of fused-ring (bicyclic) bond motifs is 1. The quantitative estimate of drug-likeness (QED) is 0.660. The van der Waals surface area contributed by atoms with E-state index in [1.807, 2.05) is 24.3 Å². The van der Waals surface area contributed by atoms with E-state index in [1.54, 1.807) is 17.8 Å². The fourth-order valence-electron chi connectivity index (χ4n) is 2.23. The Morgan fingerprint density at radius 3 is 2.88 bits per heavy atom. The lowest BCUT2D eigenvalue weighted by molar-refractivity contribution is -0.385. The molecule has 0 bridgehead atoms. The van der Waals surface area contributed by atoms with Crippen molar-refractivity contribution in [2.24, 2.45) is 10.7 Å². The number of benzene rings is 2. The van der Waals surface area contributed by atoms with Gasteiger partial charge in [0.2, 0.25) is 5.91 Å². The molecule has 2 N–H and O–H groups in total. The molecule has 3 rings (SSSR count). The fraction of sp³-hybridized carbons (Fsp3) is 0.125. The molecule has 24 heavy (non-hydrogen) atoms. The zero-order chi connectivity index (χ0) is 17.1. The van der Waals surface area contributed by atoms with E-state index < -0.39 is 10.8 Å². The van der Waals surface area contributed by atoms with Crippen molar-refractivity contribution in [3.8, 4) is 0 Å². The number of hydrogen-bond acceptors (Lipinski definition) is 6. The summed E-state index contributed by atoms with van der Waals surface area (Å²) >= 11 is 3.07. The molecule has 6 nitrogen and oxygen atoms in total. The molecular weight excluding hydrogens is 346 g/mol. The van der Waals surface area contributed by atoms with Gasteiger partial charge in [-0.05, 0) is 17.7 Å². The highest BCUT2D eigenvalue weighted by molar-refractivity contribution is 8.38. The van der Waals surface area contributed by atoms with Gasteiger partial charge >= 0.3 is 0 Å². The molecule has 0 fully saturated rings. The zero-order valence-corrected chi connectivity index (χ0v) is 14.1. The van der Waals surface area contributed by atoms with Crippen molar-refractivity contribution in [1.82, 2.24) is 0 Å². The van der Waals surface area contributed by atoms with E-state index in [2.05, 4.69) is 4.99 Å². The fourth-order valence-corrected chi connectivity index (χ4v) is 4.29. The summed E-state index contributed by atoms with van der Waals surface area (Å²) in [5.41, 5.74) is 7.88. The van der Waals surface area contributed by atoms with E-state index in [1.165, 1.54) is 29.5 Å². The summed E-state index contributed by atoms with van der Waals surface area (Å²) in [5, 5.41) is 11.2. The molecule has 1 aliphatic rings. The van der Waals surface area contributed by atoms with E-state index in [9.17, 15) is 14.9 Å². The SMILES string of the molecule is NC(=O)c1ccc(CSC2=Nc3ccccc3CS2)c([N+](=O)[O-])c1. The third-order valence-corrected chi connectivity index (χ3v) is 5.77. The van der Waals surface area contributed by atoms with Crippen LogP contribution in [0.4, 0.5) is 11.4 Å². The van der Waals surface area contributed by atoms with Gasteiger partial charge < -0.3 is 5.73 Å². The summed E-state index contributed by atoms with van der Waals surface area (Å²) in [6.45, 7) is 0. The van der Waals surface area contributed by atoms with Gasteiger partial charge in [0.1, 0.15) is 4.38 Å². The summed E-state index contributed by atoms with van der Waals surface area (Å²) in [7, 11) is 0. The number of nitro benzene ring substituents is 1. The number of hydrogen-bond donors (Lipinski definition) is 1. The lowest BCUT2D eigenvalue weighted by atomic mass is 10.1. The summed E-state index contributed by atoms with van der Waals surface area (Å²) in [4.78, 5) is 26.5. The number of nitrogens with zero attached hydrogens (tertiary/aromatic N) is 2. The Morgan fingerprint density at radius 2 is 2.12 bits per heavy atom. The second-order valence-electron chi connectivity index (χ2n) is 5.05. The normalized spacial score (nSPS) is 13.1. The zero-order valence-electron chi connectivity index (χ0n) is 12.5. The van der Waals surface area contributed by atoms with E-state index in [-0.39, 0.29) is 11.3 Å². The predicted molar refractivity (Wildman–Crippen MR) is 97.7 cm³/mol. The number of rotatable bonds is 4. The highest BCUT2D eigenvalue weighted by Crippen LogP contribution is 2.36. The van der Waals surface area contributed by atoms with Gasteiger partial charge in [-0.2, -0.15) is 0 Å². The van der Waals surface area contributed by atoms with Crippen LogP contribution in [0.1, 0.15) is 21.5 Å². The molecule has 0 aromatic heterocycles. The number of thioether (sulfide) groups is 2. The molecule has 2 aromatic carbocycles. The van der Waals surface area contributed by atoms with Gasteiger partial charge in [0.05, 0.1) is 10.6 Å². The number of primary amides is 1. The van der Waals surface area contributed by atoms with Crippen LogP contribution in [0.15, 0.2) is 47.5 Å². The second kappa shape index (κ2) is 7.06. The average molecular weight is 359 g/mol. The van der Waals surface area contributed by atoms with E-state index in [0.717, 1.165) is 15.8 Å². The smallest absolute Gasteiger partial charge is 0.274 e. The van der Waals surface area contributed by atoms with Gasteiger partial charge in [-0.1, -0.05) is 47.8 Å². The topological polar surface area (TPSA) is 98.6 Å². The highest BCUT2D eigenvalue weighted by atomic mass is 32.2. The van der Waals surface area contributed by atoms with Crippen LogP contribution in [0.3, 0.4) is 0 Å². The summed E-state index contributed by atoms with van der Waals surface area (Å²) in [6, 6.07) is 12.2. The molecular formula is C16H13N3O3S2. The largest absolute Gasteiger partial charge is 0.366 e. The number of amides is 1. The first kappa shape index (κ1) is 16.5. The molecule has 0 saturated carbocycles. The summed E-state index contributed by atoms with van der Waals surface area (Å²) in [6.07, 6.45) is 0. The molecule has 1 amide bonds. The Balaban J connectivity index is 1.79. The number of carbonyl (C=O) groups is 1. The lowest BCUT2D eigenvalue weighted by Crippen LogP contribution is -2.11. The van der Waals surface area contributed by atoms with Crippen molar-refractivity contribution in [2.75, 3.05) is 0 Å². The van der Waals surface area contributed by atoms with Crippen LogP contribution < -0.4 is 5.73 Å². The molecule has 1 aliphatic heterocycles. The Hall–Kier alpha value is -2.32. The monoisotopic (exact) mass is 359 g/mol. The number of nitrogens with two attached hydrogens (primary N) is 1. The highest BCUT2D eigenvalue weighted by Gasteiger charge is 2.18. The van der Waals surface area contributed by atoms with Gasteiger partial charge in [0.15, 0.2) is 0 Å². The van der Waals surface area contributed by atoms with Crippen molar-refractivity contribution in [3.05, 3.63) is 69.3 Å². The van der Waals surface area contributed by atoms with Crippen molar-refractivity contribution in [3.63, 3.8) is 0 Å². The maximum atomic E-state index is 11.2. The molecule has 122 valence electrons. The minimum Gasteiger partial charge on any atom is -0.366 e. The van der Waals surface area contributed by atoms with Crippen LogP contribution in [0.5, 0.6) is 0 Å². The van der Waals surface area contributed by atoms with Crippen LogP contribution >= 0.6 is 23.5 Å². The van der Waals surface area contributed by atoms with Crippen LogP contribution in [0.2, 0.25) is 0 Å². The summed E-state index contributed by atoms with van der Waals surface area (Å²) < 4.78 is 0.877. The number of carbonyl (C=O) groups excluding carboxylic acids is 1. The van der Waals surface area contributed by atoms with Crippen LogP contribution in [0, 0.1) is 10.1 Å². The molecule has 8 heteroatoms. The molecule has 1 heterocycles. The van der Waals surface area contributed by atoms with Crippen LogP contribution in [0.25, 0.3) is 0 Å². The number of para-hydroxylation sites is 1. The standard InChI is InChI=1S/C16H13N3O3S2/c17-15(20)10-5-6-12(14(7-10)19(21)22)9-24-16-18-13-4-2-1-3-11(13)8-23-16/h1-7H,8-9H2,(H2,17,20). The number of aliphatic imine (C=N–C) groups is 1. The Kier molecular flexibility index (Phi) is 4.86. The Labute approximate surface area is 146 Å². The molecule has 0 radical (unpaired) electrons. The summed E-state index contributed by atoms with van der Waals surface area (Å²) in [5.74, 6) is 0.565. The van der Waals surface area contributed by atoms with Crippen molar-refractivity contribution < 1.29 is 9.72 Å². The first-order chi connectivity index (χ1) is 11.5. The molecule has 0 saturated heterocycles. The number of nitro groups is 1. The van der Waals surface area contributed by atoms with Gasteiger partial charge in [-0.15, -0.1) is 0 Å². The molecule has 0 spiro atoms. The van der Waals surface area contributed by atoms with Crippen molar-refractivity contribution >= 4 is 45.2 Å². The molecule has 0 atom stereocenters. The average Bonchev–Trinajstić information content (AvgIpc) is 2.59. The van der Waals surface area contributed by atoms with Crippen molar-refractivity contribution in [2.45, 2.75) is 11.5 Å². The van der Waals surface area contributed by atoms with E-state index in [4.69, 9.17) is 5.73 Å². The van der Waals surface area contributed by atoms with Crippen LogP contribution in [-0.2, 0) is 11.5 Å². The second-order valence-corrected chi connectivity index (χ2v) is 7.24. The Bertz CT molecular complexity index is 852. The first-order valence-corrected chi connectivity index (χ1v) is 9.01. The predicted octanol–water partition coefficient (Wildman–Crippen LogP) is 3.86. The molecule has 0 aliphatic carbocycles. The first-order valence-electron chi connectivity index (χ1n) is 7.04. The van der Waals surface area contributed by atoms with Gasteiger partial charge in [-0.25, -0.2) is 4.99 Å². The van der Waals surface area contributed by atoms with E-state index in [0.29, 0.717) is 11.3 Å². The lowest BCUT2D eigenvalue weighted by Gasteiger charge is -2.14. The molecule has 2 aromatic rings. The molecule has 0 unspecified atom stereocenters. The van der Waals surface area contributed by atoms with Gasteiger partial charge in [0, 0.05) is 28.7 Å².